The molecule has 0 saturated carbocycles. The maximum absolute atomic E-state index is 11.4. The number of hydrogen-bond donors (Lipinski definition) is 1. The van der Waals surface area contributed by atoms with Gasteiger partial charge in [0, 0.05) is 13.1 Å². The molecule has 4 nitrogen and oxygen atoms in total. The van der Waals surface area contributed by atoms with Gasteiger partial charge in [-0.3, -0.25) is 9.69 Å². The highest BCUT2D eigenvalue weighted by Crippen LogP contribution is 2.22. The lowest BCUT2D eigenvalue weighted by Crippen LogP contribution is -2.24. The summed E-state index contributed by atoms with van der Waals surface area (Å²) >= 11 is 0. The average Bonchev–Trinajstić information content (AvgIpc) is 2.68. The van der Waals surface area contributed by atoms with Crippen LogP contribution in [-0.2, 0) is 22.6 Å². The number of carbonyl (C=O) groups is 1. The monoisotopic (exact) mass is 368 g/mol. The second-order valence-corrected chi connectivity index (χ2v) is 6.67. The van der Waals surface area contributed by atoms with Crippen molar-refractivity contribution in [2.75, 3.05) is 26.2 Å². The molecule has 0 fully saturated rings. The van der Waals surface area contributed by atoms with Gasteiger partial charge in [0.15, 0.2) is 0 Å². The molecule has 2 rings (SSSR count). The molecule has 27 heavy (non-hydrogen) atoms. The minimum absolute atomic E-state index is 0.213. The van der Waals surface area contributed by atoms with E-state index in [0.717, 1.165) is 25.2 Å². The van der Waals surface area contributed by atoms with Crippen molar-refractivity contribution in [3.05, 3.63) is 59.7 Å². The molecule has 4 heteroatoms. The Labute approximate surface area is 163 Å². The number of carbonyl (C=O) groups excluding carboxylic acids is 1. The Morgan fingerprint density at radius 2 is 1.78 bits per heavy atom. The first-order chi connectivity index (χ1) is 13.2. The van der Waals surface area contributed by atoms with E-state index in [1.165, 1.54) is 23.1 Å². The van der Waals surface area contributed by atoms with Gasteiger partial charge >= 0.3 is 5.97 Å². The zero-order chi connectivity index (χ0) is 19.5. The zero-order valence-corrected chi connectivity index (χ0v) is 16.8. The molecule has 0 radical (unpaired) electrons. The van der Waals surface area contributed by atoms with Gasteiger partial charge in [-0.2, -0.15) is 0 Å². The SMILES string of the molecule is CCCN(CC)Cc1cccc(-c2ccc(CNCC(=O)OCC)cc2)c1. The minimum Gasteiger partial charge on any atom is -0.465 e. The van der Waals surface area contributed by atoms with E-state index in [0.29, 0.717) is 13.2 Å². The van der Waals surface area contributed by atoms with Crippen LogP contribution in [0.15, 0.2) is 48.5 Å². The topological polar surface area (TPSA) is 41.6 Å². The first-order valence-corrected chi connectivity index (χ1v) is 9.93. The predicted molar refractivity (Wildman–Crippen MR) is 111 cm³/mol. The van der Waals surface area contributed by atoms with Gasteiger partial charge in [-0.25, -0.2) is 0 Å². The Hall–Kier alpha value is -2.17. The Morgan fingerprint density at radius 3 is 2.44 bits per heavy atom. The molecule has 0 aliphatic carbocycles. The third kappa shape index (κ3) is 7.16. The summed E-state index contributed by atoms with van der Waals surface area (Å²) in [5.74, 6) is -0.213. The smallest absolute Gasteiger partial charge is 0.319 e. The fourth-order valence-electron chi connectivity index (χ4n) is 3.11. The van der Waals surface area contributed by atoms with Crippen LogP contribution in [0.2, 0.25) is 0 Å². The van der Waals surface area contributed by atoms with E-state index in [9.17, 15) is 4.79 Å². The number of benzene rings is 2. The van der Waals surface area contributed by atoms with E-state index in [2.05, 4.69) is 72.6 Å². The molecule has 0 saturated heterocycles. The second-order valence-electron chi connectivity index (χ2n) is 6.67. The lowest BCUT2D eigenvalue weighted by atomic mass is 10.0. The number of nitrogens with zero attached hydrogens (tertiary/aromatic N) is 1. The van der Waals surface area contributed by atoms with Crippen molar-refractivity contribution >= 4 is 5.97 Å². The maximum Gasteiger partial charge on any atom is 0.319 e. The molecule has 0 aliphatic heterocycles. The van der Waals surface area contributed by atoms with Gasteiger partial charge in [0.25, 0.3) is 0 Å². The van der Waals surface area contributed by atoms with Crippen LogP contribution in [-0.4, -0.2) is 37.1 Å². The molecular formula is C23H32N2O2. The Kier molecular flexibility index (Phi) is 9.02. The summed E-state index contributed by atoms with van der Waals surface area (Å²) in [5, 5.41) is 3.11. The standard InChI is InChI=1S/C23H32N2O2/c1-4-14-25(5-2)18-20-8-7-9-22(15-20)21-12-10-19(11-13-21)16-24-17-23(26)27-6-3/h7-13,15,24H,4-6,14,16-18H2,1-3H3. The van der Waals surface area contributed by atoms with Crippen LogP contribution in [0.25, 0.3) is 11.1 Å². The van der Waals surface area contributed by atoms with Gasteiger partial charge in [0.2, 0.25) is 0 Å². The number of ether oxygens (including phenoxy) is 1. The van der Waals surface area contributed by atoms with E-state index in [4.69, 9.17) is 4.74 Å². The van der Waals surface area contributed by atoms with Crippen molar-refractivity contribution in [2.45, 2.75) is 40.3 Å². The third-order valence-corrected chi connectivity index (χ3v) is 4.51. The Morgan fingerprint density at radius 1 is 1.00 bits per heavy atom. The van der Waals surface area contributed by atoms with Crippen LogP contribution in [0.4, 0.5) is 0 Å². The summed E-state index contributed by atoms with van der Waals surface area (Å²) in [5.41, 5.74) is 4.96. The van der Waals surface area contributed by atoms with Crippen molar-refractivity contribution in [3.63, 3.8) is 0 Å². The first kappa shape index (κ1) is 21.1. The summed E-state index contributed by atoms with van der Waals surface area (Å²) in [6.07, 6.45) is 1.18. The molecule has 0 spiro atoms. The van der Waals surface area contributed by atoms with E-state index < -0.39 is 0 Å². The van der Waals surface area contributed by atoms with Gasteiger partial charge in [-0.15, -0.1) is 0 Å². The van der Waals surface area contributed by atoms with Crippen molar-refractivity contribution in [3.8, 4) is 11.1 Å². The maximum atomic E-state index is 11.4. The molecule has 146 valence electrons. The van der Waals surface area contributed by atoms with Crippen LogP contribution in [0.5, 0.6) is 0 Å². The molecule has 0 atom stereocenters. The van der Waals surface area contributed by atoms with Crippen molar-refractivity contribution in [2.24, 2.45) is 0 Å². The number of rotatable bonds is 11. The highest BCUT2D eigenvalue weighted by atomic mass is 16.5. The molecule has 2 aromatic rings. The van der Waals surface area contributed by atoms with E-state index in [1.807, 2.05) is 6.92 Å². The molecule has 0 unspecified atom stereocenters. The third-order valence-electron chi connectivity index (χ3n) is 4.51. The highest BCUT2D eigenvalue weighted by molar-refractivity contribution is 5.71. The molecule has 0 aromatic heterocycles. The predicted octanol–water partition coefficient (Wildman–Crippen LogP) is 4.24. The first-order valence-electron chi connectivity index (χ1n) is 9.93. The molecular weight excluding hydrogens is 336 g/mol. The lowest BCUT2D eigenvalue weighted by molar-refractivity contribution is -0.142. The molecule has 0 heterocycles. The van der Waals surface area contributed by atoms with Gasteiger partial charge in [-0.1, -0.05) is 56.3 Å². The average molecular weight is 369 g/mol. The Balaban J connectivity index is 1.96. The summed E-state index contributed by atoms with van der Waals surface area (Å²) < 4.78 is 4.91. The molecule has 0 bridgehead atoms. The summed E-state index contributed by atoms with van der Waals surface area (Å²) in [4.78, 5) is 13.8. The summed E-state index contributed by atoms with van der Waals surface area (Å²) in [6.45, 7) is 10.8. The largest absolute Gasteiger partial charge is 0.465 e. The Bertz CT molecular complexity index is 698. The normalized spacial score (nSPS) is 11.0. The molecule has 0 aliphatic rings. The highest BCUT2D eigenvalue weighted by Gasteiger charge is 2.05. The zero-order valence-electron chi connectivity index (χ0n) is 16.8. The van der Waals surface area contributed by atoms with Gasteiger partial charge in [0.05, 0.1) is 13.2 Å². The summed E-state index contributed by atoms with van der Waals surface area (Å²) in [7, 11) is 0. The van der Waals surface area contributed by atoms with Crippen molar-refractivity contribution in [1.82, 2.24) is 10.2 Å². The van der Waals surface area contributed by atoms with Crippen LogP contribution in [0.3, 0.4) is 0 Å². The van der Waals surface area contributed by atoms with Crippen LogP contribution >= 0.6 is 0 Å². The van der Waals surface area contributed by atoms with Gasteiger partial charge in [0.1, 0.15) is 0 Å². The van der Waals surface area contributed by atoms with E-state index in [-0.39, 0.29) is 12.5 Å². The quantitative estimate of drug-likeness (QED) is 0.603. The second kappa shape index (κ2) is 11.5. The van der Waals surface area contributed by atoms with Crippen LogP contribution in [0.1, 0.15) is 38.3 Å². The van der Waals surface area contributed by atoms with E-state index >= 15 is 0 Å². The number of nitrogens with one attached hydrogen (secondary N) is 1. The van der Waals surface area contributed by atoms with Gasteiger partial charge < -0.3 is 10.1 Å². The van der Waals surface area contributed by atoms with Crippen molar-refractivity contribution < 1.29 is 9.53 Å². The lowest BCUT2D eigenvalue weighted by Gasteiger charge is -2.20. The number of hydrogen-bond acceptors (Lipinski definition) is 4. The fourth-order valence-corrected chi connectivity index (χ4v) is 3.11. The van der Waals surface area contributed by atoms with Crippen LogP contribution in [0, 0.1) is 0 Å². The molecule has 0 amide bonds. The minimum atomic E-state index is -0.213. The number of esters is 1. The molecule has 1 N–H and O–H groups in total. The molecule has 2 aromatic carbocycles. The van der Waals surface area contributed by atoms with E-state index in [1.54, 1.807) is 0 Å². The fraction of sp³-hybridized carbons (Fsp3) is 0.435. The van der Waals surface area contributed by atoms with Crippen LogP contribution < -0.4 is 5.32 Å². The summed E-state index contributed by atoms with van der Waals surface area (Å²) in [6, 6.07) is 17.3. The van der Waals surface area contributed by atoms with Crippen molar-refractivity contribution in [1.29, 1.82) is 0 Å². The van der Waals surface area contributed by atoms with Gasteiger partial charge in [-0.05, 0) is 54.8 Å².